The largest absolute Gasteiger partial charge is 0.508 e. The molecule has 2 heteroatoms. The van der Waals surface area contributed by atoms with E-state index in [1.165, 1.54) is 5.56 Å². The van der Waals surface area contributed by atoms with Crippen LogP contribution >= 0.6 is 0 Å². The molecule has 0 spiro atoms. The van der Waals surface area contributed by atoms with Crippen LogP contribution in [0.2, 0.25) is 0 Å². The van der Waals surface area contributed by atoms with E-state index in [1.54, 1.807) is 6.07 Å². The van der Waals surface area contributed by atoms with Crippen LogP contribution in [0.25, 0.3) is 10.9 Å². The van der Waals surface area contributed by atoms with Crippen LogP contribution in [-0.2, 0) is 5.41 Å². The van der Waals surface area contributed by atoms with E-state index >= 15 is 0 Å². The number of fused-ring (bicyclic) bond motifs is 1. The molecule has 2 N–H and O–H groups in total. The minimum atomic E-state index is 0.145. The first kappa shape index (κ1) is 10.1. The second-order valence-electron chi connectivity index (χ2n) is 4.67. The number of rotatable bonds is 2. The molecule has 0 aliphatic rings. The third-order valence-electron chi connectivity index (χ3n) is 3.28. The molecule has 15 heavy (non-hydrogen) atoms. The molecular weight excluding hydrogens is 186 g/mol. The fourth-order valence-electron chi connectivity index (χ4n) is 1.86. The number of hydrogen-bond acceptors (Lipinski definition) is 1. The zero-order valence-corrected chi connectivity index (χ0v) is 9.46. The number of benzene rings is 1. The number of nitrogens with one attached hydrogen (secondary N) is 1. The van der Waals surface area contributed by atoms with Crippen molar-refractivity contribution in [1.82, 2.24) is 4.98 Å². The van der Waals surface area contributed by atoms with E-state index in [2.05, 4.69) is 25.8 Å². The predicted molar refractivity (Wildman–Crippen MR) is 63.3 cm³/mol. The van der Waals surface area contributed by atoms with Gasteiger partial charge in [-0.3, -0.25) is 0 Å². The number of aromatic nitrogens is 1. The minimum Gasteiger partial charge on any atom is -0.508 e. The zero-order chi connectivity index (χ0) is 11.1. The molecule has 1 aromatic heterocycles. The van der Waals surface area contributed by atoms with Gasteiger partial charge in [-0.05, 0) is 35.6 Å². The van der Waals surface area contributed by atoms with E-state index in [-0.39, 0.29) is 5.41 Å². The maximum absolute atomic E-state index is 9.50. The van der Waals surface area contributed by atoms with E-state index in [0.29, 0.717) is 5.75 Å². The van der Waals surface area contributed by atoms with Crippen molar-refractivity contribution in [2.75, 3.05) is 0 Å². The molecule has 2 aromatic rings. The first-order valence-electron chi connectivity index (χ1n) is 5.35. The van der Waals surface area contributed by atoms with Crippen molar-refractivity contribution in [1.29, 1.82) is 0 Å². The molecule has 2 nitrogen and oxygen atoms in total. The number of phenols is 1. The lowest BCUT2D eigenvalue weighted by Gasteiger charge is -2.22. The molecule has 0 aliphatic heterocycles. The smallest absolute Gasteiger partial charge is 0.116 e. The monoisotopic (exact) mass is 203 g/mol. The summed E-state index contributed by atoms with van der Waals surface area (Å²) in [5.41, 5.74) is 2.51. The predicted octanol–water partition coefficient (Wildman–Crippen LogP) is 3.56. The molecule has 0 aliphatic carbocycles. The molecule has 0 amide bonds. The molecule has 0 atom stereocenters. The minimum absolute atomic E-state index is 0.145. The topological polar surface area (TPSA) is 36.0 Å². The summed E-state index contributed by atoms with van der Waals surface area (Å²) in [6.45, 7) is 6.63. The summed E-state index contributed by atoms with van der Waals surface area (Å²) in [5.74, 6) is 0.329. The number of H-pyrrole nitrogens is 1. The van der Waals surface area contributed by atoms with E-state index in [9.17, 15) is 5.11 Å². The molecule has 1 aromatic carbocycles. The van der Waals surface area contributed by atoms with Gasteiger partial charge in [0.1, 0.15) is 5.75 Å². The molecule has 2 rings (SSSR count). The Hall–Kier alpha value is -1.44. The molecule has 0 saturated carbocycles. The van der Waals surface area contributed by atoms with E-state index in [1.807, 2.05) is 18.3 Å². The van der Waals surface area contributed by atoms with Crippen LogP contribution in [0.1, 0.15) is 32.8 Å². The molecule has 0 saturated heterocycles. The van der Waals surface area contributed by atoms with Gasteiger partial charge in [-0.1, -0.05) is 20.8 Å². The Labute approximate surface area is 89.9 Å². The van der Waals surface area contributed by atoms with Crippen LogP contribution in [0, 0.1) is 0 Å². The van der Waals surface area contributed by atoms with Gasteiger partial charge in [-0.15, -0.1) is 0 Å². The normalized spacial score (nSPS) is 12.2. The molecule has 80 valence electrons. The number of aromatic amines is 1. The highest BCUT2D eigenvalue weighted by Gasteiger charge is 2.21. The molecule has 0 radical (unpaired) electrons. The van der Waals surface area contributed by atoms with Crippen LogP contribution in [0.4, 0.5) is 0 Å². The maximum Gasteiger partial charge on any atom is 0.116 e. The van der Waals surface area contributed by atoms with Gasteiger partial charge in [0.25, 0.3) is 0 Å². The van der Waals surface area contributed by atoms with Gasteiger partial charge in [-0.25, -0.2) is 0 Å². The Morgan fingerprint density at radius 1 is 1.33 bits per heavy atom. The van der Waals surface area contributed by atoms with Gasteiger partial charge < -0.3 is 10.1 Å². The molecular formula is C13H17NO. The second kappa shape index (κ2) is 3.30. The fourth-order valence-corrected chi connectivity index (χ4v) is 1.86. The Kier molecular flexibility index (Phi) is 2.22. The van der Waals surface area contributed by atoms with Gasteiger partial charge in [0.2, 0.25) is 0 Å². The molecule has 0 fully saturated rings. The van der Waals surface area contributed by atoms with E-state index in [4.69, 9.17) is 0 Å². The van der Waals surface area contributed by atoms with Crippen LogP contribution in [-0.4, -0.2) is 10.1 Å². The van der Waals surface area contributed by atoms with Crippen LogP contribution in [0.5, 0.6) is 5.75 Å². The van der Waals surface area contributed by atoms with Gasteiger partial charge in [0, 0.05) is 17.1 Å². The molecule has 0 bridgehead atoms. The SMILES string of the molecule is CCC(C)(C)c1c[nH]c2ccc(O)cc12. The first-order valence-corrected chi connectivity index (χ1v) is 5.35. The third kappa shape index (κ3) is 1.60. The van der Waals surface area contributed by atoms with Crippen LogP contribution in [0.3, 0.4) is 0 Å². The van der Waals surface area contributed by atoms with Crippen molar-refractivity contribution in [3.8, 4) is 5.75 Å². The lowest BCUT2D eigenvalue weighted by atomic mass is 9.82. The fraction of sp³-hybridized carbons (Fsp3) is 0.385. The second-order valence-corrected chi connectivity index (χ2v) is 4.67. The zero-order valence-electron chi connectivity index (χ0n) is 9.46. The first-order chi connectivity index (χ1) is 7.04. The molecule has 1 heterocycles. The Balaban J connectivity index is 2.67. The van der Waals surface area contributed by atoms with Crippen molar-refractivity contribution in [3.63, 3.8) is 0 Å². The van der Waals surface area contributed by atoms with E-state index in [0.717, 1.165) is 17.3 Å². The van der Waals surface area contributed by atoms with Crippen LogP contribution in [0.15, 0.2) is 24.4 Å². The summed E-state index contributed by atoms with van der Waals surface area (Å²) < 4.78 is 0. The molecule has 0 unspecified atom stereocenters. The number of phenolic OH excluding ortho intramolecular Hbond substituents is 1. The Bertz CT molecular complexity index is 482. The Morgan fingerprint density at radius 3 is 2.73 bits per heavy atom. The van der Waals surface area contributed by atoms with Crippen molar-refractivity contribution < 1.29 is 5.11 Å². The summed E-state index contributed by atoms with van der Waals surface area (Å²) in [6.07, 6.45) is 3.13. The highest BCUT2D eigenvalue weighted by atomic mass is 16.3. The highest BCUT2D eigenvalue weighted by Crippen LogP contribution is 2.34. The quantitative estimate of drug-likeness (QED) is 0.769. The van der Waals surface area contributed by atoms with Crippen molar-refractivity contribution in [2.24, 2.45) is 0 Å². The lowest BCUT2D eigenvalue weighted by Crippen LogP contribution is -2.14. The Morgan fingerprint density at radius 2 is 2.07 bits per heavy atom. The summed E-state index contributed by atoms with van der Waals surface area (Å²) in [7, 11) is 0. The average molecular weight is 203 g/mol. The lowest BCUT2D eigenvalue weighted by molar-refractivity contribution is 0.475. The number of aromatic hydroxyl groups is 1. The third-order valence-corrected chi connectivity index (χ3v) is 3.28. The summed E-state index contributed by atoms with van der Waals surface area (Å²) in [5, 5.41) is 10.6. The summed E-state index contributed by atoms with van der Waals surface area (Å²) in [6, 6.07) is 5.46. The van der Waals surface area contributed by atoms with Crippen LogP contribution < -0.4 is 0 Å². The number of hydrogen-bond donors (Lipinski definition) is 2. The standard InChI is InChI=1S/C13H17NO/c1-4-13(2,3)11-8-14-12-6-5-9(15)7-10(11)12/h5-8,14-15H,4H2,1-3H3. The maximum atomic E-state index is 9.50. The van der Waals surface area contributed by atoms with Gasteiger partial charge >= 0.3 is 0 Å². The van der Waals surface area contributed by atoms with Gasteiger partial charge in [0.15, 0.2) is 0 Å². The van der Waals surface area contributed by atoms with Crippen molar-refractivity contribution in [3.05, 3.63) is 30.0 Å². The summed E-state index contributed by atoms with van der Waals surface area (Å²) >= 11 is 0. The van der Waals surface area contributed by atoms with Crippen molar-refractivity contribution in [2.45, 2.75) is 32.6 Å². The van der Waals surface area contributed by atoms with E-state index < -0.39 is 0 Å². The van der Waals surface area contributed by atoms with Crippen molar-refractivity contribution >= 4 is 10.9 Å². The highest BCUT2D eigenvalue weighted by molar-refractivity contribution is 5.85. The average Bonchev–Trinajstić information content (AvgIpc) is 2.61. The van der Waals surface area contributed by atoms with Gasteiger partial charge in [-0.2, -0.15) is 0 Å². The van der Waals surface area contributed by atoms with Gasteiger partial charge in [0.05, 0.1) is 0 Å². The summed E-state index contributed by atoms with van der Waals surface area (Å²) in [4.78, 5) is 3.24.